The number of rotatable bonds is 4. The van der Waals surface area contributed by atoms with Gasteiger partial charge >= 0.3 is 0 Å². The number of ether oxygens (including phenoxy) is 1. The molecule has 0 unspecified atom stereocenters. The summed E-state index contributed by atoms with van der Waals surface area (Å²) in [4.78, 5) is 13.2. The normalized spacial score (nSPS) is 24.0. The standard InChI is InChI=1S/C11H18N4O4S2/c1-8-9(20-14-13-8)6-12-10(16)11(2)7-15(4-5-19-11)21(3,17)18/h4-7H2,1-3H3,(H,12,16)/t11-/m1/s1. The average molecular weight is 334 g/mol. The van der Waals surface area contributed by atoms with E-state index < -0.39 is 15.6 Å². The molecular weight excluding hydrogens is 316 g/mol. The number of aryl methyl sites for hydroxylation is 1. The number of amides is 1. The zero-order chi connectivity index (χ0) is 15.7. The largest absolute Gasteiger partial charge is 0.363 e. The predicted octanol–water partition coefficient (Wildman–Crippen LogP) is -0.487. The van der Waals surface area contributed by atoms with Crippen LogP contribution in [0.5, 0.6) is 0 Å². The molecule has 0 radical (unpaired) electrons. The van der Waals surface area contributed by atoms with Crippen LogP contribution >= 0.6 is 11.5 Å². The Morgan fingerprint density at radius 2 is 2.29 bits per heavy atom. The van der Waals surface area contributed by atoms with Crippen LogP contribution in [0.25, 0.3) is 0 Å². The highest BCUT2D eigenvalue weighted by molar-refractivity contribution is 7.88. The lowest BCUT2D eigenvalue weighted by atomic mass is 10.0. The molecule has 0 bridgehead atoms. The molecule has 8 nitrogen and oxygen atoms in total. The molecule has 1 aliphatic rings. The highest BCUT2D eigenvalue weighted by Crippen LogP contribution is 2.20. The topological polar surface area (TPSA) is 101 Å². The fourth-order valence-electron chi connectivity index (χ4n) is 2.01. The van der Waals surface area contributed by atoms with Gasteiger partial charge in [-0.3, -0.25) is 4.79 Å². The number of carbonyl (C=O) groups excluding carboxylic acids is 1. The summed E-state index contributed by atoms with van der Waals surface area (Å²) in [5, 5.41) is 6.62. The average Bonchev–Trinajstić information content (AvgIpc) is 2.80. The van der Waals surface area contributed by atoms with Gasteiger partial charge < -0.3 is 10.1 Å². The first-order valence-electron chi connectivity index (χ1n) is 6.37. The van der Waals surface area contributed by atoms with Crippen LogP contribution < -0.4 is 5.32 Å². The quantitative estimate of drug-likeness (QED) is 0.797. The van der Waals surface area contributed by atoms with Crippen molar-refractivity contribution in [3.63, 3.8) is 0 Å². The van der Waals surface area contributed by atoms with Crippen molar-refractivity contribution < 1.29 is 17.9 Å². The van der Waals surface area contributed by atoms with Gasteiger partial charge in [0.25, 0.3) is 5.91 Å². The van der Waals surface area contributed by atoms with Gasteiger partial charge in [0.05, 0.1) is 36.5 Å². The minimum atomic E-state index is -3.34. The molecule has 1 aromatic rings. The van der Waals surface area contributed by atoms with Gasteiger partial charge in [0, 0.05) is 6.54 Å². The lowest BCUT2D eigenvalue weighted by Crippen LogP contribution is -2.59. The van der Waals surface area contributed by atoms with Crippen molar-refractivity contribution in [1.82, 2.24) is 19.2 Å². The Morgan fingerprint density at radius 1 is 1.57 bits per heavy atom. The second-order valence-electron chi connectivity index (χ2n) is 5.14. The van der Waals surface area contributed by atoms with Crippen molar-refractivity contribution >= 4 is 27.5 Å². The van der Waals surface area contributed by atoms with Crippen molar-refractivity contribution in [2.45, 2.75) is 26.0 Å². The van der Waals surface area contributed by atoms with Crippen molar-refractivity contribution in [2.75, 3.05) is 26.0 Å². The van der Waals surface area contributed by atoms with Gasteiger partial charge in [0.2, 0.25) is 10.0 Å². The van der Waals surface area contributed by atoms with E-state index in [1.54, 1.807) is 6.92 Å². The zero-order valence-corrected chi connectivity index (χ0v) is 13.8. The van der Waals surface area contributed by atoms with Gasteiger partial charge in [-0.2, -0.15) is 4.31 Å². The molecule has 10 heteroatoms. The maximum atomic E-state index is 12.3. The first kappa shape index (κ1) is 16.3. The lowest BCUT2D eigenvalue weighted by Gasteiger charge is -2.37. The number of nitrogens with zero attached hydrogens (tertiary/aromatic N) is 3. The maximum absolute atomic E-state index is 12.3. The summed E-state index contributed by atoms with van der Waals surface area (Å²) < 4.78 is 33.8. The zero-order valence-electron chi connectivity index (χ0n) is 12.1. The highest BCUT2D eigenvalue weighted by atomic mass is 32.2. The van der Waals surface area contributed by atoms with Gasteiger partial charge in [-0.05, 0) is 25.4 Å². The summed E-state index contributed by atoms with van der Waals surface area (Å²) >= 11 is 1.22. The minimum Gasteiger partial charge on any atom is -0.363 e. The second kappa shape index (κ2) is 5.95. The number of morpholine rings is 1. The van der Waals surface area contributed by atoms with Gasteiger partial charge in [-0.1, -0.05) is 4.49 Å². The summed E-state index contributed by atoms with van der Waals surface area (Å²) in [5.41, 5.74) is -0.416. The van der Waals surface area contributed by atoms with E-state index in [2.05, 4.69) is 14.9 Å². The monoisotopic (exact) mass is 334 g/mol. The summed E-state index contributed by atoms with van der Waals surface area (Å²) in [6, 6.07) is 0. The van der Waals surface area contributed by atoms with E-state index in [0.717, 1.165) is 16.8 Å². The third-order valence-corrected chi connectivity index (χ3v) is 5.42. The molecule has 1 amide bonds. The SMILES string of the molecule is Cc1nnsc1CNC(=O)[C@@]1(C)CN(S(C)(=O)=O)CCO1. The number of hydrogen-bond donors (Lipinski definition) is 1. The first-order valence-corrected chi connectivity index (χ1v) is 9.00. The molecule has 2 rings (SSSR count). The Labute approximate surface area is 127 Å². The molecule has 2 heterocycles. The molecule has 0 aromatic carbocycles. The summed E-state index contributed by atoms with van der Waals surface area (Å²) in [5.74, 6) is -0.344. The molecule has 21 heavy (non-hydrogen) atoms. The third-order valence-electron chi connectivity index (χ3n) is 3.34. The summed E-state index contributed by atoms with van der Waals surface area (Å²) in [6.45, 7) is 4.18. The molecule has 1 atom stereocenters. The Bertz CT molecular complexity index is 630. The molecular formula is C11H18N4O4S2. The Morgan fingerprint density at radius 3 is 2.86 bits per heavy atom. The molecule has 1 saturated heterocycles. The van der Waals surface area contributed by atoms with Crippen LogP contribution in [0.2, 0.25) is 0 Å². The number of carbonyl (C=O) groups is 1. The fourth-order valence-corrected chi connectivity index (χ4v) is 3.47. The first-order chi connectivity index (χ1) is 9.72. The molecule has 1 N–H and O–H groups in total. The molecule has 1 aromatic heterocycles. The molecule has 1 aliphatic heterocycles. The van der Waals surface area contributed by atoms with Gasteiger partial charge in [-0.15, -0.1) is 5.10 Å². The van der Waals surface area contributed by atoms with Gasteiger partial charge in [-0.25, -0.2) is 8.42 Å². The molecule has 0 saturated carbocycles. The maximum Gasteiger partial charge on any atom is 0.253 e. The van der Waals surface area contributed by atoms with Crippen LogP contribution in [0.4, 0.5) is 0 Å². The number of nitrogens with one attached hydrogen (secondary N) is 1. The van der Waals surface area contributed by atoms with Crippen LogP contribution in [0.15, 0.2) is 0 Å². The molecule has 0 aliphatic carbocycles. The lowest BCUT2D eigenvalue weighted by molar-refractivity contribution is -0.152. The predicted molar refractivity (Wildman–Crippen MR) is 77.3 cm³/mol. The van der Waals surface area contributed by atoms with Crippen molar-refractivity contribution in [1.29, 1.82) is 0 Å². The van der Waals surface area contributed by atoms with Crippen LogP contribution in [0.1, 0.15) is 17.5 Å². The van der Waals surface area contributed by atoms with Gasteiger partial charge in [0.15, 0.2) is 5.60 Å². The minimum absolute atomic E-state index is 0.0115. The van der Waals surface area contributed by atoms with Crippen molar-refractivity contribution in [3.05, 3.63) is 10.6 Å². The van der Waals surface area contributed by atoms with Crippen LogP contribution in [0, 0.1) is 6.92 Å². The third kappa shape index (κ3) is 3.76. The van der Waals surface area contributed by atoms with Crippen LogP contribution in [-0.4, -0.2) is 59.8 Å². The molecule has 1 fully saturated rings. The molecule has 0 spiro atoms. The fraction of sp³-hybridized carbons (Fsp3) is 0.727. The van der Waals surface area contributed by atoms with E-state index >= 15 is 0 Å². The molecule has 118 valence electrons. The van der Waals surface area contributed by atoms with E-state index in [1.807, 2.05) is 6.92 Å². The highest BCUT2D eigenvalue weighted by Gasteiger charge is 2.41. The van der Waals surface area contributed by atoms with E-state index in [0.29, 0.717) is 6.54 Å². The van der Waals surface area contributed by atoms with Crippen molar-refractivity contribution in [2.24, 2.45) is 0 Å². The number of sulfonamides is 1. The van der Waals surface area contributed by atoms with E-state index in [-0.39, 0.29) is 25.6 Å². The number of hydrogen-bond acceptors (Lipinski definition) is 7. The van der Waals surface area contributed by atoms with E-state index in [1.165, 1.54) is 15.8 Å². The summed E-state index contributed by atoms with van der Waals surface area (Å²) in [6.07, 6.45) is 1.13. The van der Waals surface area contributed by atoms with Crippen LogP contribution in [-0.2, 0) is 26.1 Å². The van der Waals surface area contributed by atoms with Gasteiger partial charge in [0.1, 0.15) is 0 Å². The summed E-state index contributed by atoms with van der Waals surface area (Å²) in [7, 11) is -3.34. The van der Waals surface area contributed by atoms with E-state index in [9.17, 15) is 13.2 Å². The van der Waals surface area contributed by atoms with Crippen molar-refractivity contribution in [3.8, 4) is 0 Å². The smallest absolute Gasteiger partial charge is 0.253 e. The Balaban J connectivity index is 2.02. The number of aromatic nitrogens is 2. The Hall–Kier alpha value is -1.10. The van der Waals surface area contributed by atoms with Crippen LogP contribution in [0.3, 0.4) is 0 Å². The van der Waals surface area contributed by atoms with E-state index in [4.69, 9.17) is 4.74 Å². The Kier molecular flexibility index (Phi) is 4.61. The second-order valence-corrected chi connectivity index (χ2v) is 7.96.